The summed E-state index contributed by atoms with van der Waals surface area (Å²) in [4.78, 5) is 12.1. The quantitative estimate of drug-likeness (QED) is 0.370. The summed E-state index contributed by atoms with van der Waals surface area (Å²) in [6.45, 7) is 0.453. The number of carbonyl (C=O) groups is 1. The molecule has 0 fully saturated rings. The second-order valence-corrected chi connectivity index (χ2v) is 7.52. The zero-order chi connectivity index (χ0) is 19.9. The Labute approximate surface area is 162 Å². The van der Waals surface area contributed by atoms with Crippen LogP contribution in [-0.2, 0) is 21.2 Å². The molecule has 0 bridgehead atoms. The van der Waals surface area contributed by atoms with Gasteiger partial charge in [-0.25, -0.2) is 13.6 Å². The summed E-state index contributed by atoms with van der Waals surface area (Å²) in [6.07, 6.45) is 1.91. The summed E-state index contributed by atoms with van der Waals surface area (Å²) >= 11 is 5.78. The molecule has 0 heterocycles. The van der Waals surface area contributed by atoms with E-state index < -0.39 is 15.9 Å². The molecule has 4 N–H and O–H groups in total. The molecule has 0 aliphatic heterocycles. The minimum atomic E-state index is -3.71. The summed E-state index contributed by atoms with van der Waals surface area (Å²) < 4.78 is 22.4. The Kier molecular flexibility index (Phi) is 6.96. The minimum Gasteiger partial charge on any atom is -0.389 e. The van der Waals surface area contributed by atoms with E-state index >= 15 is 0 Å². The third kappa shape index (κ3) is 6.42. The van der Waals surface area contributed by atoms with Crippen LogP contribution in [0.15, 0.2) is 65.2 Å². The number of rotatable bonds is 7. The van der Waals surface area contributed by atoms with Gasteiger partial charge in [-0.2, -0.15) is 5.26 Å². The number of primary sulfonamides is 1. The molecule has 2 aromatic rings. The Hall–Kier alpha value is -2.86. The molecule has 140 valence electrons. The zero-order valence-corrected chi connectivity index (χ0v) is 15.7. The summed E-state index contributed by atoms with van der Waals surface area (Å²) in [7, 11) is -3.71. The molecule has 0 saturated carbocycles. The van der Waals surface area contributed by atoms with Gasteiger partial charge in [-0.05, 0) is 48.4 Å². The smallest absolute Gasteiger partial charge is 0.267 e. The second kappa shape index (κ2) is 9.19. The van der Waals surface area contributed by atoms with Crippen LogP contribution in [-0.4, -0.2) is 20.9 Å². The van der Waals surface area contributed by atoms with Crippen molar-refractivity contribution in [3.63, 3.8) is 0 Å². The number of carbonyl (C=O) groups excluding carboxylic acids is 1. The molecule has 1 amide bonds. The Bertz CT molecular complexity index is 979. The number of benzene rings is 2. The third-order valence-electron chi connectivity index (χ3n) is 3.52. The molecule has 27 heavy (non-hydrogen) atoms. The fourth-order valence-corrected chi connectivity index (χ4v) is 2.76. The highest BCUT2D eigenvalue weighted by molar-refractivity contribution is 7.89. The SMILES string of the molecule is N#C/C(=C/NCCc1ccc(S(N)(=O)=O)cc1)C(=O)Nc1ccc(Cl)cc1. The largest absolute Gasteiger partial charge is 0.389 e. The predicted octanol–water partition coefficient (Wildman–Crippen LogP) is 2.17. The molecule has 0 unspecified atom stereocenters. The Morgan fingerprint density at radius 2 is 1.78 bits per heavy atom. The van der Waals surface area contributed by atoms with Gasteiger partial charge >= 0.3 is 0 Å². The van der Waals surface area contributed by atoms with Gasteiger partial charge in [0.2, 0.25) is 10.0 Å². The number of sulfonamides is 1. The average Bonchev–Trinajstić information content (AvgIpc) is 2.63. The molecule has 0 aliphatic rings. The van der Waals surface area contributed by atoms with Crippen molar-refractivity contribution >= 4 is 33.2 Å². The highest BCUT2D eigenvalue weighted by atomic mass is 35.5. The lowest BCUT2D eigenvalue weighted by molar-refractivity contribution is -0.112. The maximum Gasteiger partial charge on any atom is 0.267 e. The zero-order valence-electron chi connectivity index (χ0n) is 14.1. The molecule has 7 nitrogen and oxygen atoms in total. The van der Waals surface area contributed by atoms with Gasteiger partial charge in [0.25, 0.3) is 5.91 Å². The van der Waals surface area contributed by atoms with Crippen LogP contribution >= 0.6 is 11.6 Å². The first-order valence-electron chi connectivity index (χ1n) is 7.82. The van der Waals surface area contributed by atoms with Gasteiger partial charge in [0.15, 0.2) is 0 Å². The van der Waals surface area contributed by atoms with Gasteiger partial charge in [0.1, 0.15) is 11.6 Å². The summed E-state index contributed by atoms with van der Waals surface area (Å²) in [5.74, 6) is -0.537. The molecule has 0 spiro atoms. The first-order chi connectivity index (χ1) is 12.8. The van der Waals surface area contributed by atoms with Gasteiger partial charge < -0.3 is 10.6 Å². The van der Waals surface area contributed by atoms with E-state index in [9.17, 15) is 13.2 Å². The van der Waals surface area contributed by atoms with E-state index in [1.54, 1.807) is 36.4 Å². The number of amides is 1. The first kappa shape index (κ1) is 20.5. The van der Waals surface area contributed by atoms with Crippen molar-refractivity contribution in [1.29, 1.82) is 5.26 Å². The van der Waals surface area contributed by atoms with Gasteiger partial charge in [0, 0.05) is 23.5 Å². The topological polar surface area (TPSA) is 125 Å². The van der Waals surface area contributed by atoms with Gasteiger partial charge in [-0.15, -0.1) is 0 Å². The summed E-state index contributed by atoms with van der Waals surface area (Å²) in [5.41, 5.74) is 1.34. The van der Waals surface area contributed by atoms with Crippen LogP contribution in [0.3, 0.4) is 0 Å². The number of anilines is 1. The lowest BCUT2D eigenvalue weighted by atomic mass is 10.1. The van der Waals surface area contributed by atoms with Crippen molar-refractivity contribution in [2.24, 2.45) is 5.14 Å². The number of nitrogens with two attached hydrogens (primary N) is 1. The lowest BCUT2D eigenvalue weighted by Crippen LogP contribution is -2.18. The average molecular weight is 405 g/mol. The molecule has 2 aromatic carbocycles. The van der Waals surface area contributed by atoms with Crippen molar-refractivity contribution < 1.29 is 13.2 Å². The number of hydrogen-bond donors (Lipinski definition) is 3. The van der Waals surface area contributed by atoms with Crippen molar-refractivity contribution in [2.45, 2.75) is 11.3 Å². The van der Waals surface area contributed by atoms with E-state index in [2.05, 4.69) is 10.6 Å². The van der Waals surface area contributed by atoms with E-state index in [1.807, 2.05) is 6.07 Å². The van der Waals surface area contributed by atoms with E-state index in [0.29, 0.717) is 23.7 Å². The highest BCUT2D eigenvalue weighted by Gasteiger charge is 2.09. The van der Waals surface area contributed by atoms with Gasteiger partial charge in [0.05, 0.1) is 4.90 Å². The van der Waals surface area contributed by atoms with Crippen LogP contribution in [0.2, 0.25) is 5.02 Å². The van der Waals surface area contributed by atoms with Crippen LogP contribution in [0.4, 0.5) is 5.69 Å². The van der Waals surface area contributed by atoms with Crippen LogP contribution in [0, 0.1) is 11.3 Å². The molecule has 0 aromatic heterocycles. The lowest BCUT2D eigenvalue weighted by Gasteiger charge is -2.06. The van der Waals surface area contributed by atoms with Gasteiger partial charge in [-0.1, -0.05) is 23.7 Å². The van der Waals surface area contributed by atoms with Crippen LogP contribution < -0.4 is 15.8 Å². The third-order valence-corrected chi connectivity index (χ3v) is 4.70. The number of nitrogens with one attached hydrogen (secondary N) is 2. The summed E-state index contributed by atoms with van der Waals surface area (Å²) in [5, 5.41) is 20.2. The van der Waals surface area contributed by atoms with Crippen molar-refractivity contribution in [3.05, 3.63) is 70.9 Å². The Morgan fingerprint density at radius 1 is 1.15 bits per heavy atom. The molecule has 0 radical (unpaired) electrons. The number of halogens is 1. The molecule has 0 aliphatic carbocycles. The molecular formula is C18H17ClN4O3S. The van der Waals surface area contributed by atoms with Crippen LogP contribution in [0.1, 0.15) is 5.56 Å². The number of nitrogens with zero attached hydrogens (tertiary/aromatic N) is 1. The van der Waals surface area contributed by atoms with Crippen LogP contribution in [0.5, 0.6) is 0 Å². The Balaban J connectivity index is 1.88. The monoisotopic (exact) mass is 404 g/mol. The standard InChI is InChI=1S/C18H17ClN4O3S/c19-15-3-5-16(6-4-15)23-18(24)14(11-20)12-22-10-9-13-1-7-17(8-2-13)27(21,25)26/h1-8,12,22H,9-10H2,(H,23,24)(H2,21,25,26)/b14-12-. The fraction of sp³-hybridized carbons (Fsp3) is 0.111. The fourth-order valence-electron chi connectivity index (χ4n) is 2.12. The summed E-state index contributed by atoms with van der Waals surface area (Å²) in [6, 6.07) is 14.5. The molecular weight excluding hydrogens is 388 g/mol. The van der Waals surface area contributed by atoms with Crippen molar-refractivity contribution in [2.75, 3.05) is 11.9 Å². The van der Waals surface area contributed by atoms with Crippen molar-refractivity contribution in [3.8, 4) is 6.07 Å². The maximum absolute atomic E-state index is 12.1. The minimum absolute atomic E-state index is 0.0461. The second-order valence-electron chi connectivity index (χ2n) is 5.52. The van der Waals surface area contributed by atoms with E-state index in [1.165, 1.54) is 18.3 Å². The van der Waals surface area contributed by atoms with Crippen molar-refractivity contribution in [1.82, 2.24) is 5.32 Å². The van der Waals surface area contributed by atoms with E-state index in [0.717, 1.165) is 5.56 Å². The molecule has 9 heteroatoms. The molecule has 0 saturated heterocycles. The maximum atomic E-state index is 12.1. The van der Waals surface area contributed by atoms with Gasteiger partial charge in [-0.3, -0.25) is 4.79 Å². The number of nitriles is 1. The highest BCUT2D eigenvalue weighted by Crippen LogP contribution is 2.14. The van der Waals surface area contributed by atoms with E-state index in [4.69, 9.17) is 22.0 Å². The number of hydrogen-bond acceptors (Lipinski definition) is 5. The first-order valence-corrected chi connectivity index (χ1v) is 9.74. The van der Waals surface area contributed by atoms with Crippen LogP contribution in [0.25, 0.3) is 0 Å². The normalized spacial score (nSPS) is 11.5. The molecule has 2 rings (SSSR count). The molecule has 0 atom stereocenters. The van der Waals surface area contributed by atoms with E-state index in [-0.39, 0.29) is 10.5 Å². The predicted molar refractivity (Wildman–Crippen MR) is 103 cm³/mol. The Morgan fingerprint density at radius 3 is 2.33 bits per heavy atom.